The molecule has 0 fully saturated rings. The topological polar surface area (TPSA) is 79.5 Å². The van der Waals surface area contributed by atoms with E-state index in [1.165, 1.54) is 0 Å². The molecule has 0 unspecified atom stereocenters. The third-order valence-corrected chi connectivity index (χ3v) is 5.82. The number of carbonyl (C=O) groups excluding carboxylic acids is 1. The van der Waals surface area contributed by atoms with E-state index in [2.05, 4.69) is 0 Å². The number of hydrogen-bond donors (Lipinski definition) is 2. The quantitative estimate of drug-likeness (QED) is 0.343. The highest BCUT2D eigenvalue weighted by molar-refractivity contribution is 6.30. The third-order valence-electron chi connectivity index (χ3n) is 5.57. The number of aromatic nitrogens is 1. The van der Waals surface area contributed by atoms with E-state index in [0.29, 0.717) is 34.6 Å². The van der Waals surface area contributed by atoms with Crippen LogP contribution in [0.5, 0.6) is 5.75 Å². The van der Waals surface area contributed by atoms with Gasteiger partial charge in [0.1, 0.15) is 5.75 Å². The van der Waals surface area contributed by atoms with Gasteiger partial charge in [-0.3, -0.25) is 9.59 Å². The van der Waals surface area contributed by atoms with E-state index in [0.717, 1.165) is 11.1 Å². The van der Waals surface area contributed by atoms with Crippen LogP contribution in [0.4, 0.5) is 0 Å². The minimum Gasteiger partial charge on any atom is -0.508 e. The second-order valence-corrected chi connectivity index (χ2v) is 10.7. The number of rotatable bonds is 7. The number of ketones is 1. The zero-order chi connectivity index (χ0) is 25.8. The number of carbonyl (C=O) groups is 2. The van der Waals surface area contributed by atoms with Gasteiger partial charge in [0.05, 0.1) is 5.41 Å². The molecule has 3 rings (SSSR count). The number of phenols is 1. The van der Waals surface area contributed by atoms with E-state index < -0.39 is 11.4 Å². The van der Waals surface area contributed by atoms with E-state index in [-0.39, 0.29) is 23.4 Å². The van der Waals surface area contributed by atoms with Crippen LogP contribution in [0.2, 0.25) is 5.02 Å². The van der Waals surface area contributed by atoms with Gasteiger partial charge in [-0.2, -0.15) is 0 Å². The van der Waals surface area contributed by atoms with Crippen LogP contribution < -0.4 is 0 Å². The molecule has 6 heteroatoms. The van der Waals surface area contributed by atoms with Gasteiger partial charge in [-0.25, -0.2) is 0 Å². The Labute approximate surface area is 207 Å². The van der Waals surface area contributed by atoms with Crippen molar-refractivity contribution in [2.24, 2.45) is 10.8 Å². The van der Waals surface area contributed by atoms with Crippen LogP contribution in [0.3, 0.4) is 0 Å². The molecule has 0 amide bonds. The molecule has 3 aromatic rings. The van der Waals surface area contributed by atoms with Crippen LogP contribution in [0, 0.1) is 10.8 Å². The summed E-state index contributed by atoms with van der Waals surface area (Å²) in [5.74, 6) is -0.924. The lowest BCUT2D eigenvalue weighted by atomic mass is 9.83. The molecule has 0 spiro atoms. The van der Waals surface area contributed by atoms with Crippen molar-refractivity contribution in [3.63, 3.8) is 0 Å². The Kier molecular flexibility index (Phi) is 8.59. The average Bonchev–Trinajstić information content (AvgIpc) is 3.01. The monoisotopic (exact) mass is 485 g/mol. The number of nitrogens with zero attached hydrogens (tertiary/aromatic N) is 1. The molecule has 0 saturated carbocycles. The summed E-state index contributed by atoms with van der Waals surface area (Å²) in [5, 5.41) is 21.3. The Morgan fingerprint density at radius 3 is 2.09 bits per heavy atom. The summed E-state index contributed by atoms with van der Waals surface area (Å²) in [4.78, 5) is 25.5. The Bertz CT molecular complexity index is 1170. The van der Waals surface area contributed by atoms with Gasteiger partial charge in [0.2, 0.25) is 0 Å². The highest BCUT2D eigenvalue weighted by atomic mass is 35.5. The summed E-state index contributed by atoms with van der Waals surface area (Å²) in [7, 11) is 0. The SMILES string of the molecule is CC.CC(C)(C)CC(=O)c1c(CC(C)(C)C(=O)O)n(Cc2ccc(Cl)cc2)c2ccc(O)cc12. The van der Waals surface area contributed by atoms with Crippen LogP contribution in [-0.2, 0) is 17.8 Å². The van der Waals surface area contributed by atoms with Crippen molar-refractivity contribution in [3.05, 3.63) is 64.3 Å². The summed E-state index contributed by atoms with van der Waals surface area (Å²) in [6, 6.07) is 12.4. The van der Waals surface area contributed by atoms with Crippen LogP contribution in [-0.4, -0.2) is 26.5 Å². The number of fused-ring (bicyclic) bond motifs is 1. The van der Waals surface area contributed by atoms with Gasteiger partial charge in [-0.05, 0) is 55.2 Å². The highest BCUT2D eigenvalue weighted by Gasteiger charge is 2.33. The molecule has 0 bridgehead atoms. The zero-order valence-electron chi connectivity index (χ0n) is 21.2. The van der Waals surface area contributed by atoms with Crippen LogP contribution in [0.1, 0.15) is 76.5 Å². The number of aromatic hydroxyl groups is 1. The second-order valence-electron chi connectivity index (χ2n) is 10.3. The smallest absolute Gasteiger partial charge is 0.309 e. The largest absolute Gasteiger partial charge is 0.508 e. The molecule has 0 aliphatic carbocycles. The third kappa shape index (κ3) is 6.41. The Morgan fingerprint density at radius 1 is 0.971 bits per heavy atom. The highest BCUT2D eigenvalue weighted by Crippen LogP contribution is 2.36. The molecule has 0 saturated heterocycles. The van der Waals surface area contributed by atoms with Gasteiger partial charge in [0.25, 0.3) is 0 Å². The number of aliphatic carboxylic acids is 1. The standard InChI is InChI=1S/C26H30ClNO4.C2H6/c1-25(2,3)14-22(30)23-19-12-18(29)10-11-20(19)28(15-16-6-8-17(27)9-7-16)21(23)13-26(4,5)24(31)32;1-2/h6-12,29H,13-15H2,1-5H3,(H,31,32);1-2H3. The number of benzene rings is 2. The summed E-state index contributed by atoms with van der Waals surface area (Å²) in [6.07, 6.45) is 0.486. The lowest BCUT2D eigenvalue weighted by molar-refractivity contribution is -0.146. The van der Waals surface area contributed by atoms with Crippen molar-refractivity contribution < 1.29 is 19.8 Å². The maximum Gasteiger partial charge on any atom is 0.309 e. The minimum absolute atomic E-state index is 0.0563. The Hall–Kier alpha value is -2.79. The van der Waals surface area contributed by atoms with Crippen LogP contribution in [0.25, 0.3) is 10.9 Å². The normalized spacial score (nSPS) is 11.8. The number of Topliss-reactive ketones (excluding diaryl/α,β-unsaturated/α-hetero) is 1. The van der Waals surface area contributed by atoms with Gasteiger partial charge in [0, 0.05) is 46.6 Å². The van der Waals surface area contributed by atoms with E-state index >= 15 is 0 Å². The van der Waals surface area contributed by atoms with Crippen LogP contribution in [0.15, 0.2) is 42.5 Å². The average molecular weight is 486 g/mol. The number of hydrogen-bond acceptors (Lipinski definition) is 3. The Morgan fingerprint density at radius 2 is 1.56 bits per heavy atom. The van der Waals surface area contributed by atoms with Gasteiger partial charge in [-0.15, -0.1) is 0 Å². The second kappa shape index (κ2) is 10.6. The molecule has 184 valence electrons. The first-order chi connectivity index (χ1) is 15.8. The lowest BCUT2D eigenvalue weighted by Crippen LogP contribution is -2.28. The van der Waals surface area contributed by atoms with E-state index in [1.807, 2.05) is 51.3 Å². The van der Waals surface area contributed by atoms with Crippen molar-refractivity contribution in [1.29, 1.82) is 0 Å². The van der Waals surface area contributed by atoms with Crippen molar-refractivity contribution in [2.45, 2.75) is 67.9 Å². The molecule has 1 aromatic heterocycles. The van der Waals surface area contributed by atoms with Gasteiger partial charge >= 0.3 is 5.97 Å². The fraction of sp³-hybridized carbons (Fsp3) is 0.429. The minimum atomic E-state index is -1.08. The number of carboxylic acid groups (broad SMARTS) is 1. The first-order valence-corrected chi connectivity index (χ1v) is 12.0. The predicted molar refractivity (Wildman–Crippen MR) is 139 cm³/mol. The number of phenolic OH excluding ortho intramolecular Hbond substituents is 1. The molecule has 0 atom stereocenters. The molecular formula is C28H36ClNO4. The predicted octanol–water partition coefficient (Wildman–Crippen LogP) is 7.35. The van der Waals surface area contributed by atoms with Crippen molar-refractivity contribution in [1.82, 2.24) is 4.57 Å². The van der Waals surface area contributed by atoms with Crippen molar-refractivity contribution in [2.75, 3.05) is 0 Å². The molecule has 34 heavy (non-hydrogen) atoms. The summed E-state index contributed by atoms with van der Waals surface area (Å²) in [5.41, 5.74) is 1.61. The molecule has 0 aliphatic heterocycles. The van der Waals surface area contributed by atoms with Crippen molar-refractivity contribution in [3.8, 4) is 5.75 Å². The van der Waals surface area contributed by atoms with Crippen molar-refractivity contribution >= 4 is 34.3 Å². The lowest BCUT2D eigenvalue weighted by Gasteiger charge is -2.23. The maximum atomic E-state index is 13.5. The molecular weight excluding hydrogens is 450 g/mol. The fourth-order valence-electron chi connectivity index (χ4n) is 3.91. The molecule has 5 nitrogen and oxygen atoms in total. The van der Waals surface area contributed by atoms with E-state index in [1.54, 1.807) is 44.2 Å². The summed E-state index contributed by atoms with van der Waals surface area (Å²) < 4.78 is 2.00. The number of carboxylic acids is 1. The number of halogens is 1. The zero-order valence-corrected chi connectivity index (χ0v) is 22.0. The fourth-order valence-corrected chi connectivity index (χ4v) is 4.03. The molecule has 2 aromatic carbocycles. The van der Waals surface area contributed by atoms with Gasteiger partial charge < -0.3 is 14.8 Å². The van der Waals surface area contributed by atoms with Gasteiger partial charge in [0.15, 0.2) is 5.78 Å². The molecule has 0 radical (unpaired) electrons. The Balaban J connectivity index is 0.00000199. The van der Waals surface area contributed by atoms with E-state index in [4.69, 9.17) is 11.6 Å². The van der Waals surface area contributed by atoms with Gasteiger partial charge in [-0.1, -0.05) is 58.4 Å². The summed E-state index contributed by atoms with van der Waals surface area (Å²) >= 11 is 6.04. The summed E-state index contributed by atoms with van der Waals surface area (Å²) in [6.45, 7) is 13.8. The first-order valence-electron chi connectivity index (χ1n) is 11.6. The molecule has 1 heterocycles. The molecule has 0 aliphatic rings. The first kappa shape index (κ1) is 27.5. The van der Waals surface area contributed by atoms with Crippen LogP contribution >= 0.6 is 11.6 Å². The molecule has 2 N–H and O–H groups in total. The van der Waals surface area contributed by atoms with E-state index in [9.17, 15) is 19.8 Å². The maximum absolute atomic E-state index is 13.5.